The smallest absolute Gasteiger partial charge is 0.331 e. The number of nitro groups is 1. The lowest BCUT2D eigenvalue weighted by Gasteiger charge is -2.30. The van der Waals surface area contributed by atoms with Crippen LogP contribution >= 0.6 is 0 Å². The van der Waals surface area contributed by atoms with Crippen molar-refractivity contribution in [1.29, 1.82) is 0 Å². The summed E-state index contributed by atoms with van der Waals surface area (Å²) in [6.45, 7) is 2.66. The van der Waals surface area contributed by atoms with E-state index in [-0.39, 0.29) is 11.6 Å². The Kier molecular flexibility index (Phi) is 5.84. The molecule has 144 valence electrons. The van der Waals surface area contributed by atoms with E-state index in [0.29, 0.717) is 18.7 Å². The van der Waals surface area contributed by atoms with Gasteiger partial charge >= 0.3 is 5.97 Å². The first-order valence-electron chi connectivity index (χ1n) is 8.93. The third kappa shape index (κ3) is 4.62. The molecule has 28 heavy (non-hydrogen) atoms. The Balaban J connectivity index is 1.55. The van der Waals surface area contributed by atoms with Gasteiger partial charge in [0.15, 0.2) is 6.10 Å². The lowest BCUT2D eigenvalue weighted by atomic mass is 9.99. The van der Waals surface area contributed by atoms with Crippen molar-refractivity contribution in [3.8, 4) is 0 Å². The first kappa shape index (κ1) is 19.3. The molecule has 2 aromatic rings. The molecule has 1 amide bonds. The van der Waals surface area contributed by atoms with Crippen molar-refractivity contribution in [2.75, 3.05) is 6.54 Å². The number of nitro benzene ring substituents is 1. The number of rotatable bonds is 5. The van der Waals surface area contributed by atoms with Crippen molar-refractivity contribution < 1.29 is 19.2 Å². The minimum atomic E-state index is -0.890. The second kappa shape index (κ2) is 8.47. The highest BCUT2D eigenvalue weighted by molar-refractivity contribution is 5.90. The molecule has 0 radical (unpaired) electrons. The van der Waals surface area contributed by atoms with Gasteiger partial charge in [-0.1, -0.05) is 24.3 Å². The minimum absolute atomic E-state index is 0.0259. The average molecular weight is 380 g/mol. The molecule has 0 bridgehead atoms. The van der Waals surface area contributed by atoms with Gasteiger partial charge in [0, 0.05) is 31.3 Å². The molecule has 2 aromatic carbocycles. The quantitative estimate of drug-likeness (QED) is 0.344. The maximum atomic E-state index is 12.6. The van der Waals surface area contributed by atoms with E-state index in [0.717, 1.165) is 12.0 Å². The van der Waals surface area contributed by atoms with Crippen molar-refractivity contribution in [3.05, 3.63) is 81.4 Å². The summed E-state index contributed by atoms with van der Waals surface area (Å²) in [5.74, 6) is -0.872. The van der Waals surface area contributed by atoms with Crippen LogP contribution < -0.4 is 0 Å². The Morgan fingerprint density at radius 3 is 2.50 bits per heavy atom. The van der Waals surface area contributed by atoms with Gasteiger partial charge < -0.3 is 9.64 Å². The van der Waals surface area contributed by atoms with E-state index >= 15 is 0 Å². The van der Waals surface area contributed by atoms with Crippen LogP contribution in [0.4, 0.5) is 5.69 Å². The van der Waals surface area contributed by atoms with Gasteiger partial charge in [0.2, 0.25) is 0 Å². The van der Waals surface area contributed by atoms with Crippen molar-refractivity contribution in [2.45, 2.75) is 26.0 Å². The summed E-state index contributed by atoms with van der Waals surface area (Å²) in [6.07, 6.45) is 2.58. The van der Waals surface area contributed by atoms with E-state index in [1.165, 1.54) is 42.0 Å². The molecule has 0 aliphatic carbocycles. The fourth-order valence-corrected chi connectivity index (χ4v) is 3.08. The Hall–Kier alpha value is -3.48. The van der Waals surface area contributed by atoms with Gasteiger partial charge in [-0.2, -0.15) is 0 Å². The fraction of sp³-hybridized carbons (Fsp3) is 0.238. The van der Waals surface area contributed by atoms with Gasteiger partial charge in [-0.3, -0.25) is 14.9 Å². The Morgan fingerprint density at radius 2 is 1.82 bits per heavy atom. The summed E-state index contributed by atoms with van der Waals surface area (Å²) in [5.41, 5.74) is 2.94. The zero-order valence-electron chi connectivity index (χ0n) is 15.4. The van der Waals surface area contributed by atoms with E-state index in [1.807, 2.05) is 18.2 Å². The van der Waals surface area contributed by atoms with Crippen molar-refractivity contribution >= 4 is 23.6 Å². The second-order valence-electron chi connectivity index (χ2n) is 6.54. The molecule has 3 rings (SSSR count). The topological polar surface area (TPSA) is 89.7 Å². The largest absolute Gasteiger partial charge is 0.449 e. The van der Waals surface area contributed by atoms with Crippen LogP contribution in [0.15, 0.2) is 54.6 Å². The minimum Gasteiger partial charge on any atom is -0.449 e. The molecule has 7 nitrogen and oxygen atoms in total. The summed E-state index contributed by atoms with van der Waals surface area (Å²) >= 11 is 0. The number of fused-ring (bicyclic) bond motifs is 1. The zero-order valence-corrected chi connectivity index (χ0v) is 15.4. The van der Waals surface area contributed by atoms with Crippen LogP contribution in [0.1, 0.15) is 23.6 Å². The molecule has 0 saturated carbocycles. The van der Waals surface area contributed by atoms with Crippen LogP contribution in [0.25, 0.3) is 6.08 Å². The molecule has 0 aromatic heterocycles. The highest BCUT2D eigenvalue weighted by Gasteiger charge is 2.26. The predicted molar refractivity (Wildman–Crippen MR) is 103 cm³/mol. The molecule has 0 unspecified atom stereocenters. The van der Waals surface area contributed by atoms with E-state index in [2.05, 4.69) is 6.07 Å². The van der Waals surface area contributed by atoms with Gasteiger partial charge in [0.05, 0.1) is 4.92 Å². The number of amides is 1. The highest BCUT2D eigenvalue weighted by Crippen LogP contribution is 2.19. The maximum absolute atomic E-state index is 12.6. The molecule has 1 aliphatic rings. The van der Waals surface area contributed by atoms with Crippen LogP contribution in [0.2, 0.25) is 0 Å². The van der Waals surface area contributed by atoms with Crippen molar-refractivity contribution in [1.82, 2.24) is 4.90 Å². The van der Waals surface area contributed by atoms with Crippen LogP contribution in [0, 0.1) is 10.1 Å². The fourth-order valence-electron chi connectivity index (χ4n) is 3.08. The third-order valence-electron chi connectivity index (χ3n) is 4.60. The van der Waals surface area contributed by atoms with E-state index in [9.17, 15) is 19.7 Å². The van der Waals surface area contributed by atoms with Crippen LogP contribution in [-0.4, -0.2) is 34.3 Å². The number of esters is 1. The zero-order chi connectivity index (χ0) is 20.1. The van der Waals surface area contributed by atoms with Crippen molar-refractivity contribution in [2.24, 2.45) is 0 Å². The number of carbonyl (C=O) groups excluding carboxylic acids is 2. The number of non-ortho nitro benzene ring substituents is 1. The van der Waals surface area contributed by atoms with E-state index in [1.54, 1.807) is 11.8 Å². The molecule has 0 fully saturated rings. The Labute approximate surface area is 162 Å². The molecular formula is C21H20N2O5. The summed E-state index contributed by atoms with van der Waals surface area (Å²) in [5, 5.41) is 10.6. The lowest BCUT2D eigenvalue weighted by molar-refractivity contribution is -0.384. The normalized spacial score (nSPS) is 14.4. The average Bonchev–Trinajstić information content (AvgIpc) is 2.71. The molecule has 0 saturated heterocycles. The van der Waals surface area contributed by atoms with Crippen LogP contribution in [0.3, 0.4) is 0 Å². The van der Waals surface area contributed by atoms with Crippen molar-refractivity contribution in [3.63, 3.8) is 0 Å². The SMILES string of the molecule is C[C@H](OC(=O)/C=C/c1ccc([N+](=O)[O-])cc1)C(=O)N1CCc2ccccc2C1. The standard InChI is InChI=1S/C21H20N2O5/c1-15(21(25)22-13-12-17-4-2-3-5-18(17)14-22)28-20(24)11-8-16-6-9-19(10-7-16)23(26)27/h2-11,15H,12-14H2,1H3/b11-8+/t15-/m0/s1. The monoisotopic (exact) mass is 380 g/mol. The Morgan fingerprint density at radius 1 is 1.14 bits per heavy atom. The molecule has 1 heterocycles. The Bertz CT molecular complexity index is 921. The second-order valence-corrected chi connectivity index (χ2v) is 6.54. The van der Waals surface area contributed by atoms with Crippen LogP contribution in [0.5, 0.6) is 0 Å². The van der Waals surface area contributed by atoms with Gasteiger partial charge in [-0.25, -0.2) is 4.79 Å². The first-order valence-corrected chi connectivity index (χ1v) is 8.93. The van der Waals surface area contributed by atoms with Gasteiger partial charge in [-0.05, 0) is 48.2 Å². The number of ether oxygens (including phenoxy) is 1. The first-order chi connectivity index (χ1) is 13.4. The van der Waals surface area contributed by atoms with Crippen LogP contribution in [-0.2, 0) is 27.3 Å². The summed E-state index contributed by atoms with van der Waals surface area (Å²) in [4.78, 5) is 36.4. The summed E-state index contributed by atoms with van der Waals surface area (Å²) in [7, 11) is 0. The van der Waals surface area contributed by atoms with E-state index < -0.39 is 17.0 Å². The number of benzene rings is 2. The molecule has 0 spiro atoms. The molecule has 1 atom stereocenters. The molecule has 7 heteroatoms. The highest BCUT2D eigenvalue weighted by atomic mass is 16.6. The number of carbonyl (C=O) groups is 2. The third-order valence-corrected chi connectivity index (χ3v) is 4.60. The number of nitrogens with zero attached hydrogens (tertiary/aromatic N) is 2. The summed E-state index contributed by atoms with van der Waals surface area (Å²) in [6, 6.07) is 13.7. The molecule has 1 aliphatic heterocycles. The maximum Gasteiger partial charge on any atom is 0.331 e. The number of hydrogen-bond acceptors (Lipinski definition) is 5. The number of hydrogen-bond donors (Lipinski definition) is 0. The molecule has 0 N–H and O–H groups in total. The summed E-state index contributed by atoms with van der Waals surface area (Å²) < 4.78 is 5.21. The lowest BCUT2D eigenvalue weighted by Crippen LogP contribution is -2.42. The van der Waals surface area contributed by atoms with Gasteiger partial charge in [0.1, 0.15) is 0 Å². The van der Waals surface area contributed by atoms with E-state index in [4.69, 9.17) is 4.74 Å². The van der Waals surface area contributed by atoms with Gasteiger partial charge in [-0.15, -0.1) is 0 Å². The molecular weight excluding hydrogens is 360 g/mol. The predicted octanol–water partition coefficient (Wildman–Crippen LogP) is 3.12. The van der Waals surface area contributed by atoms with Gasteiger partial charge in [0.25, 0.3) is 11.6 Å².